The third-order valence-electron chi connectivity index (χ3n) is 6.11. The molecule has 6 heteroatoms. The molecule has 0 spiro atoms. The van der Waals surface area contributed by atoms with Crippen LogP contribution in [0.4, 0.5) is 4.79 Å². The molecule has 0 aromatic carbocycles. The number of hydrogen-bond donors (Lipinski definition) is 1. The van der Waals surface area contributed by atoms with Gasteiger partial charge in [0.15, 0.2) is 0 Å². The number of thiophene rings is 1. The minimum Gasteiger partial charge on any atom is -0.336 e. The van der Waals surface area contributed by atoms with Crippen molar-refractivity contribution < 1.29 is 4.79 Å². The molecule has 1 aliphatic carbocycles. The van der Waals surface area contributed by atoms with E-state index in [1.807, 2.05) is 4.90 Å². The Bertz CT molecular complexity index is 557. The second-order valence-corrected chi connectivity index (χ2v) is 9.15. The molecule has 0 radical (unpaired) electrons. The van der Waals surface area contributed by atoms with Crippen LogP contribution in [0.1, 0.15) is 50.1 Å². The zero-order valence-electron chi connectivity index (χ0n) is 17.0. The summed E-state index contributed by atoms with van der Waals surface area (Å²) in [6.07, 6.45) is 8.12. The zero-order valence-corrected chi connectivity index (χ0v) is 17.8. The molecule has 2 aliphatic rings. The third kappa shape index (κ3) is 6.19. The van der Waals surface area contributed by atoms with Gasteiger partial charge in [-0.25, -0.2) is 4.79 Å². The van der Waals surface area contributed by atoms with E-state index in [1.54, 1.807) is 11.3 Å². The van der Waals surface area contributed by atoms with E-state index in [9.17, 15) is 4.79 Å². The highest BCUT2D eigenvalue weighted by molar-refractivity contribution is 7.07. The molecular formula is C21H36N4OS. The summed E-state index contributed by atoms with van der Waals surface area (Å²) in [6.45, 7) is 5.77. The van der Waals surface area contributed by atoms with Crippen molar-refractivity contribution in [1.82, 2.24) is 20.0 Å². The van der Waals surface area contributed by atoms with E-state index in [4.69, 9.17) is 0 Å². The average Bonchev–Trinajstić information content (AvgIpc) is 3.08. The average molecular weight is 393 g/mol. The fourth-order valence-electron chi connectivity index (χ4n) is 4.45. The Morgan fingerprint density at radius 2 is 2.00 bits per heavy atom. The normalized spacial score (nSPS) is 21.2. The summed E-state index contributed by atoms with van der Waals surface area (Å²) in [6, 6.07) is 2.47. The van der Waals surface area contributed by atoms with Crippen LogP contribution in [0.2, 0.25) is 0 Å². The smallest absolute Gasteiger partial charge is 0.317 e. The van der Waals surface area contributed by atoms with Gasteiger partial charge >= 0.3 is 6.03 Å². The largest absolute Gasteiger partial charge is 0.336 e. The van der Waals surface area contributed by atoms with Crippen LogP contribution in [-0.4, -0.2) is 74.1 Å². The molecular weight excluding hydrogens is 356 g/mol. The molecule has 2 heterocycles. The van der Waals surface area contributed by atoms with Crippen LogP contribution >= 0.6 is 11.3 Å². The van der Waals surface area contributed by atoms with Crippen LogP contribution in [0.3, 0.4) is 0 Å². The number of likely N-dealkylation sites (N-methyl/N-ethyl adjacent to an activating group) is 1. The van der Waals surface area contributed by atoms with E-state index < -0.39 is 0 Å². The number of hydrogen-bond acceptors (Lipinski definition) is 4. The number of amides is 2. The molecule has 1 aromatic rings. The Morgan fingerprint density at radius 3 is 2.70 bits per heavy atom. The molecule has 1 atom stereocenters. The molecule has 27 heavy (non-hydrogen) atoms. The third-order valence-corrected chi connectivity index (χ3v) is 6.82. The molecule has 1 aromatic heterocycles. The highest BCUT2D eigenvalue weighted by Gasteiger charge is 2.23. The first kappa shape index (κ1) is 20.6. The number of carbonyl (C=O) groups excluding carboxylic acids is 1. The topological polar surface area (TPSA) is 38.8 Å². The van der Waals surface area contributed by atoms with Gasteiger partial charge in [0.1, 0.15) is 0 Å². The minimum atomic E-state index is 0.0941. The number of nitrogens with zero attached hydrogens (tertiary/aromatic N) is 3. The zero-order chi connectivity index (χ0) is 19.1. The van der Waals surface area contributed by atoms with Crippen LogP contribution in [0.25, 0.3) is 0 Å². The monoisotopic (exact) mass is 392 g/mol. The Labute approximate surface area is 168 Å². The molecule has 1 saturated heterocycles. The van der Waals surface area contributed by atoms with Crippen LogP contribution in [0.5, 0.6) is 0 Å². The van der Waals surface area contributed by atoms with Gasteiger partial charge in [-0.2, -0.15) is 11.3 Å². The molecule has 152 valence electrons. The van der Waals surface area contributed by atoms with Gasteiger partial charge in [-0.3, -0.25) is 0 Å². The first-order valence-corrected chi connectivity index (χ1v) is 11.5. The van der Waals surface area contributed by atoms with Gasteiger partial charge < -0.3 is 20.0 Å². The summed E-state index contributed by atoms with van der Waals surface area (Å²) < 4.78 is 0. The number of rotatable bonds is 6. The number of carbonyl (C=O) groups is 1. The lowest BCUT2D eigenvalue weighted by Crippen LogP contribution is -2.44. The Morgan fingerprint density at radius 1 is 1.19 bits per heavy atom. The van der Waals surface area contributed by atoms with Crippen molar-refractivity contribution in [3.63, 3.8) is 0 Å². The molecule has 1 N–H and O–H groups in total. The molecule has 2 fully saturated rings. The summed E-state index contributed by atoms with van der Waals surface area (Å²) in [5.74, 6) is 0.880. The molecule has 5 nitrogen and oxygen atoms in total. The number of nitrogens with one attached hydrogen (secondary N) is 1. The lowest BCUT2D eigenvalue weighted by atomic mass is 9.89. The van der Waals surface area contributed by atoms with Crippen molar-refractivity contribution >= 4 is 17.4 Å². The van der Waals surface area contributed by atoms with Crippen LogP contribution in [0.15, 0.2) is 16.8 Å². The van der Waals surface area contributed by atoms with Gasteiger partial charge in [0.05, 0.1) is 6.04 Å². The van der Waals surface area contributed by atoms with E-state index in [2.05, 4.69) is 46.0 Å². The van der Waals surface area contributed by atoms with Crippen molar-refractivity contribution in [1.29, 1.82) is 0 Å². The second kappa shape index (κ2) is 10.4. The van der Waals surface area contributed by atoms with Crippen molar-refractivity contribution in [3.05, 3.63) is 22.4 Å². The summed E-state index contributed by atoms with van der Waals surface area (Å²) in [7, 11) is 4.15. The summed E-state index contributed by atoms with van der Waals surface area (Å²) in [4.78, 5) is 19.5. The SMILES string of the molecule is CN(C)C(CNC(=O)N1CCCN(CC2CCCCC2)CC1)c1ccsc1. The van der Waals surface area contributed by atoms with Crippen LogP contribution < -0.4 is 5.32 Å². The fourth-order valence-corrected chi connectivity index (χ4v) is 5.16. The fraction of sp³-hybridized carbons (Fsp3) is 0.762. The summed E-state index contributed by atoms with van der Waals surface area (Å²) >= 11 is 1.71. The maximum atomic E-state index is 12.7. The summed E-state index contributed by atoms with van der Waals surface area (Å²) in [5, 5.41) is 7.45. The van der Waals surface area contributed by atoms with Crippen LogP contribution in [0, 0.1) is 5.92 Å². The second-order valence-electron chi connectivity index (χ2n) is 8.37. The Kier molecular flexibility index (Phi) is 7.97. The van der Waals surface area contributed by atoms with E-state index in [0.717, 1.165) is 38.5 Å². The van der Waals surface area contributed by atoms with Crippen molar-refractivity contribution in [2.45, 2.75) is 44.6 Å². The molecule has 2 amide bonds. The molecule has 3 rings (SSSR count). The van der Waals surface area contributed by atoms with Crippen LogP contribution in [-0.2, 0) is 0 Å². The van der Waals surface area contributed by atoms with Crippen molar-refractivity contribution in [2.75, 3.05) is 53.4 Å². The maximum Gasteiger partial charge on any atom is 0.317 e. The highest BCUT2D eigenvalue weighted by Crippen LogP contribution is 2.25. The Balaban J connectivity index is 1.44. The maximum absolute atomic E-state index is 12.7. The van der Waals surface area contributed by atoms with E-state index >= 15 is 0 Å². The van der Waals surface area contributed by atoms with Crippen molar-refractivity contribution in [2.24, 2.45) is 5.92 Å². The standard InChI is InChI=1S/C21H36N4OS/c1-23(2)20(19-9-14-27-17-19)15-22-21(26)25-11-6-10-24(12-13-25)16-18-7-4-3-5-8-18/h9,14,17-18,20H,3-8,10-13,15-16H2,1-2H3,(H,22,26). The van der Waals surface area contributed by atoms with Gasteiger partial charge in [-0.1, -0.05) is 19.3 Å². The van der Waals surface area contributed by atoms with Gasteiger partial charge in [-0.05, 0) is 68.2 Å². The van der Waals surface area contributed by atoms with E-state index in [-0.39, 0.29) is 12.1 Å². The quantitative estimate of drug-likeness (QED) is 0.803. The summed E-state index contributed by atoms with van der Waals surface area (Å²) in [5.41, 5.74) is 1.28. The first-order chi connectivity index (χ1) is 13.1. The van der Waals surface area contributed by atoms with Gasteiger partial charge in [0.2, 0.25) is 0 Å². The van der Waals surface area contributed by atoms with Gasteiger partial charge in [0.25, 0.3) is 0 Å². The highest BCUT2D eigenvalue weighted by atomic mass is 32.1. The van der Waals surface area contributed by atoms with E-state index in [1.165, 1.54) is 44.2 Å². The predicted molar refractivity (Wildman–Crippen MR) is 113 cm³/mol. The lowest BCUT2D eigenvalue weighted by molar-refractivity contribution is 0.186. The molecule has 0 bridgehead atoms. The lowest BCUT2D eigenvalue weighted by Gasteiger charge is -2.29. The molecule has 1 saturated carbocycles. The first-order valence-electron chi connectivity index (χ1n) is 10.6. The Hall–Kier alpha value is -1.11. The molecule has 1 unspecified atom stereocenters. The molecule has 1 aliphatic heterocycles. The van der Waals surface area contributed by atoms with Gasteiger partial charge in [-0.15, -0.1) is 0 Å². The number of urea groups is 1. The van der Waals surface area contributed by atoms with E-state index in [0.29, 0.717) is 6.54 Å². The predicted octanol–water partition coefficient (Wildman–Crippen LogP) is 3.65. The minimum absolute atomic E-state index is 0.0941. The van der Waals surface area contributed by atoms with Gasteiger partial charge in [0, 0.05) is 32.7 Å². The van der Waals surface area contributed by atoms with Crippen molar-refractivity contribution in [3.8, 4) is 0 Å².